The van der Waals surface area contributed by atoms with Gasteiger partial charge in [-0.2, -0.15) is 0 Å². The molecule has 0 saturated carbocycles. The molecule has 0 unspecified atom stereocenters. The Bertz CT molecular complexity index is 273. The van der Waals surface area contributed by atoms with Crippen molar-refractivity contribution in [2.45, 2.75) is 85.0 Å². The van der Waals surface area contributed by atoms with Crippen LogP contribution in [0.15, 0.2) is 11.3 Å². The standard InChI is InChI=1S/C18H36O3Si/c1-4-7-10-15-19-22(18-13-14-18,20-16-11-8-5-2)21-17-12-9-6-3/h13H,4-12,14-17H2,1-3H3. The maximum absolute atomic E-state index is 6.24. The van der Waals surface area contributed by atoms with E-state index in [2.05, 4.69) is 26.8 Å². The fourth-order valence-electron chi connectivity index (χ4n) is 2.38. The lowest BCUT2D eigenvalue weighted by molar-refractivity contribution is 0.0654. The molecule has 0 radical (unpaired) electrons. The summed E-state index contributed by atoms with van der Waals surface area (Å²) in [6.45, 7) is 8.99. The third-order valence-electron chi connectivity index (χ3n) is 3.92. The first-order valence-corrected chi connectivity index (χ1v) is 11.1. The zero-order valence-electron chi connectivity index (χ0n) is 15.0. The molecule has 0 aromatic heterocycles. The Morgan fingerprint density at radius 1 is 0.727 bits per heavy atom. The summed E-state index contributed by atoms with van der Waals surface area (Å²) in [5.74, 6) is 0. The highest BCUT2D eigenvalue weighted by molar-refractivity contribution is 6.70. The van der Waals surface area contributed by atoms with Crippen molar-refractivity contribution in [3.05, 3.63) is 11.3 Å². The molecule has 4 heteroatoms. The first-order valence-electron chi connectivity index (χ1n) is 9.40. The zero-order valence-corrected chi connectivity index (χ0v) is 16.0. The molecule has 130 valence electrons. The Morgan fingerprint density at radius 3 is 1.36 bits per heavy atom. The van der Waals surface area contributed by atoms with Crippen LogP contribution in [0, 0.1) is 0 Å². The summed E-state index contributed by atoms with van der Waals surface area (Å²) in [6, 6.07) is 0. The van der Waals surface area contributed by atoms with Crippen molar-refractivity contribution < 1.29 is 13.3 Å². The van der Waals surface area contributed by atoms with Crippen molar-refractivity contribution in [3.8, 4) is 0 Å². The van der Waals surface area contributed by atoms with E-state index < -0.39 is 8.80 Å². The first-order chi connectivity index (χ1) is 10.8. The van der Waals surface area contributed by atoms with Gasteiger partial charge in [-0.1, -0.05) is 65.4 Å². The smallest absolute Gasteiger partial charge is 0.370 e. The van der Waals surface area contributed by atoms with E-state index >= 15 is 0 Å². The second kappa shape index (κ2) is 12.3. The molecule has 0 heterocycles. The minimum Gasteiger partial charge on any atom is -0.370 e. The van der Waals surface area contributed by atoms with Gasteiger partial charge in [0, 0.05) is 25.0 Å². The summed E-state index contributed by atoms with van der Waals surface area (Å²) in [5, 5.41) is 1.32. The monoisotopic (exact) mass is 328 g/mol. The van der Waals surface area contributed by atoms with Gasteiger partial charge in [0.1, 0.15) is 0 Å². The minimum absolute atomic E-state index is 0.777. The summed E-state index contributed by atoms with van der Waals surface area (Å²) in [7, 11) is -2.55. The maximum Gasteiger partial charge on any atom is 0.533 e. The topological polar surface area (TPSA) is 27.7 Å². The first kappa shape index (κ1) is 19.9. The van der Waals surface area contributed by atoms with Crippen molar-refractivity contribution in [1.82, 2.24) is 0 Å². The average molecular weight is 329 g/mol. The molecule has 3 nitrogen and oxygen atoms in total. The third-order valence-corrected chi connectivity index (χ3v) is 6.87. The van der Waals surface area contributed by atoms with Crippen LogP contribution in [0.2, 0.25) is 0 Å². The fraction of sp³-hybridized carbons (Fsp3) is 0.889. The van der Waals surface area contributed by atoms with Crippen LogP contribution >= 0.6 is 0 Å². The van der Waals surface area contributed by atoms with Gasteiger partial charge in [-0.05, 0) is 25.7 Å². The molecular formula is C18H36O3Si. The molecule has 0 spiro atoms. The van der Waals surface area contributed by atoms with Crippen molar-refractivity contribution >= 4 is 8.80 Å². The SMILES string of the molecule is CCCCCO[Si](OCCCCC)(OCCCCC)C1=CC1. The average Bonchev–Trinajstić information content (AvgIpc) is 3.37. The predicted octanol–water partition coefficient (Wildman–Crippen LogP) is 5.42. The van der Waals surface area contributed by atoms with E-state index in [-0.39, 0.29) is 0 Å². The summed E-state index contributed by atoms with van der Waals surface area (Å²) in [6.07, 6.45) is 13.9. The van der Waals surface area contributed by atoms with Crippen molar-refractivity contribution in [1.29, 1.82) is 0 Å². The number of hydrogen-bond donors (Lipinski definition) is 0. The highest BCUT2D eigenvalue weighted by Crippen LogP contribution is 2.33. The molecule has 0 amide bonds. The number of allylic oxidation sites excluding steroid dienone is 2. The van der Waals surface area contributed by atoms with Crippen LogP contribution in [0.5, 0.6) is 0 Å². The number of unbranched alkanes of at least 4 members (excludes halogenated alkanes) is 6. The van der Waals surface area contributed by atoms with Crippen LogP contribution in [0.25, 0.3) is 0 Å². The van der Waals surface area contributed by atoms with Gasteiger partial charge in [-0.15, -0.1) is 0 Å². The van der Waals surface area contributed by atoms with E-state index in [0.29, 0.717) is 0 Å². The van der Waals surface area contributed by atoms with Crippen molar-refractivity contribution in [2.24, 2.45) is 0 Å². The Morgan fingerprint density at radius 2 is 1.09 bits per heavy atom. The fourth-order valence-corrected chi connectivity index (χ4v) is 5.03. The molecule has 1 rings (SSSR count). The van der Waals surface area contributed by atoms with E-state index in [4.69, 9.17) is 13.3 Å². The molecule has 22 heavy (non-hydrogen) atoms. The summed E-state index contributed by atoms with van der Waals surface area (Å²) in [5.41, 5.74) is 0. The molecule has 0 saturated heterocycles. The lowest BCUT2D eigenvalue weighted by Gasteiger charge is -2.28. The van der Waals surface area contributed by atoms with Gasteiger partial charge in [-0.3, -0.25) is 0 Å². The molecule has 0 aromatic rings. The molecule has 1 aliphatic rings. The van der Waals surface area contributed by atoms with E-state index in [0.717, 1.165) is 45.5 Å². The van der Waals surface area contributed by atoms with Gasteiger partial charge >= 0.3 is 8.80 Å². The summed E-state index contributed by atoms with van der Waals surface area (Å²) in [4.78, 5) is 0. The van der Waals surface area contributed by atoms with Crippen molar-refractivity contribution in [3.63, 3.8) is 0 Å². The second-order valence-corrected chi connectivity index (χ2v) is 8.78. The van der Waals surface area contributed by atoms with Crippen LogP contribution in [0.4, 0.5) is 0 Å². The van der Waals surface area contributed by atoms with Gasteiger partial charge in [0.15, 0.2) is 0 Å². The molecule has 0 N–H and O–H groups in total. The third kappa shape index (κ3) is 7.91. The lowest BCUT2D eigenvalue weighted by Crippen LogP contribution is -2.46. The van der Waals surface area contributed by atoms with Gasteiger partial charge in [0.2, 0.25) is 0 Å². The molecule has 1 aliphatic carbocycles. The second-order valence-electron chi connectivity index (χ2n) is 6.16. The Labute approximate surface area is 138 Å². The van der Waals surface area contributed by atoms with Crippen LogP contribution in [0.3, 0.4) is 0 Å². The largest absolute Gasteiger partial charge is 0.533 e. The van der Waals surface area contributed by atoms with Gasteiger partial charge in [0.25, 0.3) is 0 Å². The Hall–Kier alpha value is -0.163. The lowest BCUT2D eigenvalue weighted by atomic mass is 10.3. The summed E-state index contributed by atoms with van der Waals surface area (Å²) < 4.78 is 18.7. The zero-order chi connectivity index (χ0) is 16.1. The molecule has 0 aromatic carbocycles. The summed E-state index contributed by atoms with van der Waals surface area (Å²) >= 11 is 0. The Balaban J connectivity index is 2.48. The van der Waals surface area contributed by atoms with Gasteiger partial charge < -0.3 is 13.3 Å². The molecule has 0 atom stereocenters. The van der Waals surface area contributed by atoms with Gasteiger partial charge in [0.05, 0.1) is 0 Å². The predicted molar refractivity (Wildman–Crippen MR) is 94.9 cm³/mol. The molecule has 0 aliphatic heterocycles. The number of hydrogen-bond acceptors (Lipinski definition) is 3. The van der Waals surface area contributed by atoms with Crippen LogP contribution in [-0.2, 0) is 13.3 Å². The highest BCUT2D eigenvalue weighted by atomic mass is 28.4. The van der Waals surface area contributed by atoms with E-state index in [1.165, 1.54) is 43.7 Å². The molecule has 0 fully saturated rings. The van der Waals surface area contributed by atoms with E-state index in [9.17, 15) is 0 Å². The van der Waals surface area contributed by atoms with Crippen LogP contribution in [0.1, 0.15) is 85.0 Å². The Kier molecular flexibility index (Phi) is 11.1. The molecule has 0 bridgehead atoms. The van der Waals surface area contributed by atoms with Crippen LogP contribution < -0.4 is 0 Å². The van der Waals surface area contributed by atoms with Crippen LogP contribution in [-0.4, -0.2) is 28.6 Å². The van der Waals surface area contributed by atoms with E-state index in [1.54, 1.807) is 0 Å². The highest BCUT2D eigenvalue weighted by Gasteiger charge is 2.49. The maximum atomic E-state index is 6.24. The molecular weight excluding hydrogens is 292 g/mol. The van der Waals surface area contributed by atoms with Crippen molar-refractivity contribution in [2.75, 3.05) is 19.8 Å². The van der Waals surface area contributed by atoms with Gasteiger partial charge in [-0.25, -0.2) is 0 Å². The van der Waals surface area contributed by atoms with E-state index in [1.807, 2.05) is 0 Å². The minimum atomic E-state index is -2.55. The number of rotatable bonds is 16. The quantitative estimate of drug-likeness (QED) is 0.280. The normalized spacial score (nSPS) is 14.2.